The van der Waals surface area contributed by atoms with E-state index in [1.54, 1.807) is 6.92 Å². The molecule has 6 nitrogen and oxygen atoms in total. The second-order valence-electron chi connectivity index (χ2n) is 4.99. The third-order valence-corrected chi connectivity index (χ3v) is 3.14. The highest BCUT2D eigenvalue weighted by Crippen LogP contribution is 2.24. The number of nitrogens with one attached hydrogen (secondary N) is 1. The Kier molecular flexibility index (Phi) is 5.22. The molecule has 0 aliphatic heterocycles. The summed E-state index contributed by atoms with van der Waals surface area (Å²) in [6.45, 7) is 2.55. The smallest absolute Gasteiger partial charge is 0.227 e. The molecule has 0 aliphatic rings. The van der Waals surface area contributed by atoms with Gasteiger partial charge < -0.3 is 14.7 Å². The van der Waals surface area contributed by atoms with Crippen LogP contribution in [0.2, 0.25) is 0 Å². The van der Waals surface area contributed by atoms with Crippen LogP contribution in [0.4, 0.5) is 24.7 Å². The first kappa shape index (κ1) is 17.5. The predicted molar refractivity (Wildman–Crippen MR) is 78.8 cm³/mol. The number of aromatic nitrogens is 1. The molecular formula is C15H14F3N3O3. The zero-order valence-corrected chi connectivity index (χ0v) is 12.9. The maximum absolute atomic E-state index is 13.8. The number of aryl methyl sites for hydroxylation is 1. The minimum atomic E-state index is -1.68. The van der Waals surface area contributed by atoms with Crippen LogP contribution in [0.25, 0.3) is 0 Å². The van der Waals surface area contributed by atoms with E-state index in [0.717, 1.165) is 17.9 Å². The average Bonchev–Trinajstić information content (AvgIpc) is 2.91. The van der Waals surface area contributed by atoms with Crippen molar-refractivity contribution in [3.05, 3.63) is 41.4 Å². The standard InChI is InChI=1S/C15H14F3N3O3/c1-8-7-12(20-24-8)19-13(23)5-6-21(9(2)22)11-4-3-10(16)14(17)15(11)18/h3-4,7H,5-6H2,1-2H3,(H,19,20,23). The summed E-state index contributed by atoms with van der Waals surface area (Å²) < 4.78 is 44.9. The van der Waals surface area contributed by atoms with E-state index in [9.17, 15) is 22.8 Å². The molecule has 9 heteroatoms. The molecule has 1 aromatic carbocycles. The van der Waals surface area contributed by atoms with Crippen LogP contribution in [0.15, 0.2) is 22.7 Å². The number of halogens is 3. The van der Waals surface area contributed by atoms with E-state index in [-0.39, 0.29) is 18.8 Å². The van der Waals surface area contributed by atoms with Gasteiger partial charge in [0.15, 0.2) is 23.3 Å². The number of rotatable bonds is 5. The lowest BCUT2D eigenvalue weighted by Crippen LogP contribution is -2.33. The normalized spacial score (nSPS) is 10.5. The van der Waals surface area contributed by atoms with Gasteiger partial charge in [-0.15, -0.1) is 0 Å². The van der Waals surface area contributed by atoms with Crippen LogP contribution < -0.4 is 10.2 Å². The van der Waals surface area contributed by atoms with Crippen molar-refractivity contribution in [2.45, 2.75) is 20.3 Å². The average molecular weight is 341 g/mol. The molecule has 0 fully saturated rings. The van der Waals surface area contributed by atoms with Crippen molar-refractivity contribution in [1.29, 1.82) is 0 Å². The van der Waals surface area contributed by atoms with Gasteiger partial charge in [0.05, 0.1) is 5.69 Å². The largest absolute Gasteiger partial charge is 0.360 e. The third-order valence-electron chi connectivity index (χ3n) is 3.14. The molecule has 2 aromatic rings. The lowest BCUT2D eigenvalue weighted by atomic mass is 10.2. The van der Waals surface area contributed by atoms with Crippen molar-refractivity contribution in [3.8, 4) is 0 Å². The summed E-state index contributed by atoms with van der Waals surface area (Å²) in [6, 6.07) is 3.14. The molecule has 0 atom stereocenters. The van der Waals surface area contributed by atoms with Crippen LogP contribution >= 0.6 is 0 Å². The maximum Gasteiger partial charge on any atom is 0.227 e. The number of hydrogen-bond acceptors (Lipinski definition) is 4. The molecule has 0 aliphatic carbocycles. The number of benzene rings is 1. The van der Waals surface area contributed by atoms with Crippen LogP contribution in [-0.2, 0) is 9.59 Å². The molecule has 2 rings (SSSR count). The minimum absolute atomic E-state index is 0.200. The Bertz CT molecular complexity index is 777. The maximum atomic E-state index is 13.8. The van der Waals surface area contributed by atoms with Crippen LogP contribution in [0, 0.1) is 24.4 Å². The fourth-order valence-electron chi connectivity index (χ4n) is 2.02. The topological polar surface area (TPSA) is 75.4 Å². The van der Waals surface area contributed by atoms with Crippen molar-refractivity contribution in [1.82, 2.24) is 5.16 Å². The summed E-state index contributed by atoms with van der Waals surface area (Å²) >= 11 is 0. The van der Waals surface area contributed by atoms with E-state index in [1.165, 1.54) is 6.07 Å². The van der Waals surface area contributed by atoms with E-state index in [1.807, 2.05) is 0 Å². The summed E-state index contributed by atoms with van der Waals surface area (Å²) in [5.74, 6) is -4.95. The second-order valence-corrected chi connectivity index (χ2v) is 4.99. The molecule has 1 aromatic heterocycles. The molecule has 0 radical (unpaired) electrons. The summed E-state index contributed by atoms with van der Waals surface area (Å²) in [5, 5.41) is 6.01. The Morgan fingerprint density at radius 1 is 1.25 bits per heavy atom. The van der Waals surface area contributed by atoms with Crippen molar-refractivity contribution in [2.75, 3.05) is 16.8 Å². The number of hydrogen-bond donors (Lipinski definition) is 1. The SMILES string of the molecule is CC(=O)N(CCC(=O)Nc1cc(C)on1)c1ccc(F)c(F)c1F. The number of amides is 2. The molecule has 1 heterocycles. The summed E-state index contributed by atoms with van der Waals surface area (Å²) in [6.07, 6.45) is -0.204. The summed E-state index contributed by atoms with van der Waals surface area (Å²) in [7, 11) is 0. The fourth-order valence-corrected chi connectivity index (χ4v) is 2.02. The number of carbonyl (C=O) groups excluding carboxylic acids is 2. The van der Waals surface area contributed by atoms with Crippen molar-refractivity contribution < 1.29 is 27.3 Å². The van der Waals surface area contributed by atoms with Crippen molar-refractivity contribution in [2.24, 2.45) is 0 Å². The number of carbonyl (C=O) groups is 2. The van der Waals surface area contributed by atoms with Gasteiger partial charge in [0.1, 0.15) is 5.76 Å². The Morgan fingerprint density at radius 3 is 2.54 bits per heavy atom. The van der Waals surface area contributed by atoms with Gasteiger partial charge in [-0.05, 0) is 19.1 Å². The van der Waals surface area contributed by atoms with Crippen molar-refractivity contribution >= 4 is 23.3 Å². The van der Waals surface area contributed by atoms with Gasteiger partial charge >= 0.3 is 0 Å². The molecule has 128 valence electrons. The Morgan fingerprint density at radius 2 is 1.96 bits per heavy atom. The second kappa shape index (κ2) is 7.16. The monoisotopic (exact) mass is 341 g/mol. The number of nitrogens with zero attached hydrogens (tertiary/aromatic N) is 2. The van der Waals surface area contributed by atoms with Gasteiger partial charge in [0.25, 0.3) is 0 Å². The van der Waals surface area contributed by atoms with Gasteiger partial charge in [-0.2, -0.15) is 0 Å². The molecule has 0 spiro atoms. The Labute approximate surface area is 135 Å². The minimum Gasteiger partial charge on any atom is -0.360 e. The molecule has 0 saturated heterocycles. The molecule has 24 heavy (non-hydrogen) atoms. The zero-order chi connectivity index (χ0) is 17.9. The van der Waals surface area contributed by atoms with Crippen LogP contribution in [0.3, 0.4) is 0 Å². The molecule has 1 N–H and O–H groups in total. The highest BCUT2D eigenvalue weighted by Gasteiger charge is 2.21. The van der Waals surface area contributed by atoms with Gasteiger partial charge in [0.2, 0.25) is 11.8 Å². The Balaban J connectivity index is 2.08. The van der Waals surface area contributed by atoms with Crippen LogP contribution in [-0.4, -0.2) is 23.5 Å². The third kappa shape index (κ3) is 3.92. The molecular weight excluding hydrogens is 327 g/mol. The fraction of sp³-hybridized carbons (Fsp3) is 0.267. The summed E-state index contributed by atoms with van der Waals surface area (Å²) in [5.41, 5.74) is -0.438. The summed E-state index contributed by atoms with van der Waals surface area (Å²) in [4.78, 5) is 24.3. The first-order valence-corrected chi connectivity index (χ1v) is 6.94. The number of anilines is 2. The van der Waals surface area contributed by atoms with Crippen molar-refractivity contribution in [3.63, 3.8) is 0 Å². The quantitative estimate of drug-likeness (QED) is 0.849. The van der Waals surface area contributed by atoms with E-state index in [4.69, 9.17) is 4.52 Å². The van der Waals surface area contributed by atoms with E-state index in [0.29, 0.717) is 11.8 Å². The van der Waals surface area contributed by atoms with Gasteiger partial charge in [-0.3, -0.25) is 9.59 Å². The zero-order valence-electron chi connectivity index (χ0n) is 12.9. The first-order chi connectivity index (χ1) is 11.3. The molecule has 0 bridgehead atoms. The highest BCUT2D eigenvalue weighted by molar-refractivity contribution is 5.94. The van der Waals surface area contributed by atoms with E-state index in [2.05, 4.69) is 10.5 Å². The molecule has 0 unspecified atom stereocenters. The van der Waals surface area contributed by atoms with E-state index >= 15 is 0 Å². The van der Waals surface area contributed by atoms with E-state index < -0.39 is 35.0 Å². The lowest BCUT2D eigenvalue weighted by molar-refractivity contribution is -0.117. The van der Waals surface area contributed by atoms with Crippen LogP contribution in [0.1, 0.15) is 19.1 Å². The Hall–Kier alpha value is -2.84. The van der Waals surface area contributed by atoms with Gasteiger partial charge in [-0.25, -0.2) is 13.2 Å². The lowest BCUT2D eigenvalue weighted by Gasteiger charge is -2.21. The van der Waals surface area contributed by atoms with Crippen LogP contribution in [0.5, 0.6) is 0 Å². The van der Waals surface area contributed by atoms with Gasteiger partial charge in [0, 0.05) is 26.0 Å². The highest BCUT2D eigenvalue weighted by atomic mass is 19.2. The first-order valence-electron chi connectivity index (χ1n) is 6.94. The predicted octanol–water partition coefficient (Wildman–Crippen LogP) is 2.78. The van der Waals surface area contributed by atoms with Gasteiger partial charge in [-0.1, -0.05) is 5.16 Å². The molecule has 2 amide bonds. The molecule has 0 saturated carbocycles.